The van der Waals surface area contributed by atoms with Gasteiger partial charge in [-0.15, -0.1) is 0 Å². The van der Waals surface area contributed by atoms with Crippen molar-refractivity contribution in [2.45, 2.75) is 19.9 Å². The van der Waals surface area contributed by atoms with E-state index in [9.17, 15) is 4.79 Å². The lowest BCUT2D eigenvalue weighted by molar-refractivity contribution is -0.141. The number of carbonyl (C=O) groups is 1. The quantitative estimate of drug-likeness (QED) is 0.537. The molecule has 48 valence electrons. The van der Waals surface area contributed by atoms with Crippen LogP contribution in [0.1, 0.15) is 13.8 Å². The van der Waals surface area contributed by atoms with Crippen molar-refractivity contribution in [1.29, 1.82) is 0 Å². The van der Waals surface area contributed by atoms with Crippen molar-refractivity contribution in [3.8, 4) is 0 Å². The van der Waals surface area contributed by atoms with Crippen molar-refractivity contribution in [3.63, 3.8) is 0 Å². The highest BCUT2D eigenvalue weighted by atomic mass is 16.4. The van der Waals surface area contributed by atoms with Gasteiger partial charge in [-0.1, -0.05) is 6.92 Å². The minimum Gasteiger partial charge on any atom is -0.481 e. The number of hydrogen-bond donors (Lipinski definition) is 2. The van der Waals surface area contributed by atoms with Crippen molar-refractivity contribution >= 4 is 5.97 Å². The molecule has 0 aliphatic rings. The lowest BCUT2D eigenvalue weighted by Crippen LogP contribution is -2.30. The van der Waals surface area contributed by atoms with Gasteiger partial charge in [-0.2, -0.15) is 0 Å². The maximum Gasteiger partial charge on any atom is 0.307 e. The van der Waals surface area contributed by atoms with Crippen molar-refractivity contribution < 1.29 is 9.90 Å². The fourth-order valence-electron chi connectivity index (χ4n) is 0.225. The molecule has 0 spiro atoms. The van der Waals surface area contributed by atoms with Gasteiger partial charge in [0.2, 0.25) is 0 Å². The standard InChI is InChI=1S/C5H11NO2/c1-3(4(2)6)5(7)8/h3-4H,6H2,1-2H3,(H,7,8)/t3-,4+/m0/s1. The second-order valence-corrected chi connectivity index (χ2v) is 1.99. The zero-order valence-corrected chi connectivity index (χ0v) is 5.09. The number of carboxylic acids is 1. The summed E-state index contributed by atoms with van der Waals surface area (Å²) in [5.74, 6) is -1.27. The maximum absolute atomic E-state index is 10.1. The third-order valence-corrected chi connectivity index (χ3v) is 1.18. The number of nitrogens with two attached hydrogens (primary N) is 1. The van der Waals surface area contributed by atoms with Gasteiger partial charge in [-0.05, 0) is 6.92 Å². The van der Waals surface area contributed by atoms with Crippen molar-refractivity contribution in [2.75, 3.05) is 0 Å². The summed E-state index contributed by atoms with van der Waals surface area (Å²) in [6, 6.07) is -0.257. The summed E-state index contributed by atoms with van der Waals surface area (Å²) >= 11 is 0. The van der Waals surface area contributed by atoms with Crippen molar-refractivity contribution in [3.05, 3.63) is 0 Å². The van der Waals surface area contributed by atoms with E-state index in [0.29, 0.717) is 0 Å². The summed E-state index contributed by atoms with van der Waals surface area (Å²) in [6.07, 6.45) is 0. The van der Waals surface area contributed by atoms with E-state index < -0.39 is 11.9 Å². The van der Waals surface area contributed by atoms with E-state index in [1.54, 1.807) is 13.8 Å². The van der Waals surface area contributed by atoms with Crippen LogP contribution in [0.15, 0.2) is 0 Å². The van der Waals surface area contributed by atoms with Crippen LogP contribution in [-0.2, 0) is 4.79 Å². The van der Waals surface area contributed by atoms with E-state index in [1.165, 1.54) is 0 Å². The summed E-state index contributed by atoms with van der Waals surface area (Å²) in [6.45, 7) is 3.27. The first kappa shape index (κ1) is 7.43. The van der Waals surface area contributed by atoms with E-state index >= 15 is 0 Å². The lowest BCUT2D eigenvalue weighted by Gasteiger charge is -2.07. The van der Waals surface area contributed by atoms with Crippen molar-refractivity contribution in [1.82, 2.24) is 0 Å². The average molecular weight is 117 g/mol. The van der Waals surface area contributed by atoms with Crippen LogP contribution in [0.5, 0.6) is 0 Å². The summed E-state index contributed by atoms with van der Waals surface area (Å²) in [5.41, 5.74) is 5.26. The Morgan fingerprint density at radius 2 is 2.00 bits per heavy atom. The van der Waals surface area contributed by atoms with Crippen LogP contribution in [0.2, 0.25) is 0 Å². The van der Waals surface area contributed by atoms with E-state index in [-0.39, 0.29) is 6.04 Å². The summed E-state index contributed by atoms with van der Waals surface area (Å²) in [7, 11) is 0. The van der Waals surface area contributed by atoms with Gasteiger partial charge in [0.25, 0.3) is 0 Å². The van der Waals surface area contributed by atoms with E-state index in [4.69, 9.17) is 10.8 Å². The van der Waals surface area contributed by atoms with Crippen LogP contribution in [-0.4, -0.2) is 17.1 Å². The first-order valence-electron chi connectivity index (χ1n) is 2.54. The summed E-state index contributed by atoms with van der Waals surface area (Å²) < 4.78 is 0. The highest BCUT2D eigenvalue weighted by Crippen LogP contribution is 1.97. The predicted molar refractivity (Wildman–Crippen MR) is 30.4 cm³/mol. The minimum absolute atomic E-state index is 0.257. The highest BCUT2D eigenvalue weighted by Gasteiger charge is 2.14. The Bertz CT molecular complexity index is 90.4. The van der Waals surface area contributed by atoms with Gasteiger partial charge in [0.1, 0.15) is 0 Å². The molecule has 3 N–H and O–H groups in total. The van der Waals surface area contributed by atoms with Gasteiger partial charge < -0.3 is 10.8 Å². The molecule has 0 aliphatic carbocycles. The first-order chi connectivity index (χ1) is 3.55. The van der Waals surface area contributed by atoms with Gasteiger partial charge in [-0.25, -0.2) is 0 Å². The number of carboxylic acid groups (broad SMARTS) is 1. The minimum atomic E-state index is -0.833. The van der Waals surface area contributed by atoms with Gasteiger partial charge in [0.15, 0.2) is 0 Å². The fourth-order valence-corrected chi connectivity index (χ4v) is 0.225. The van der Waals surface area contributed by atoms with Crippen LogP contribution < -0.4 is 5.73 Å². The number of hydrogen-bond acceptors (Lipinski definition) is 2. The summed E-state index contributed by atoms with van der Waals surface area (Å²) in [5, 5.41) is 8.27. The number of rotatable bonds is 2. The third kappa shape index (κ3) is 1.93. The van der Waals surface area contributed by atoms with Gasteiger partial charge >= 0.3 is 5.97 Å². The highest BCUT2D eigenvalue weighted by molar-refractivity contribution is 5.70. The van der Waals surface area contributed by atoms with Crippen LogP contribution >= 0.6 is 0 Å². The molecule has 0 aromatic heterocycles. The Kier molecular flexibility index (Phi) is 2.48. The smallest absolute Gasteiger partial charge is 0.307 e. The molecule has 2 atom stereocenters. The molecule has 0 saturated heterocycles. The molecule has 0 amide bonds. The largest absolute Gasteiger partial charge is 0.481 e. The molecule has 0 fully saturated rings. The van der Waals surface area contributed by atoms with Gasteiger partial charge in [0, 0.05) is 6.04 Å². The maximum atomic E-state index is 10.1. The van der Waals surface area contributed by atoms with Crippen LogP contribution in [0.3, 0.4) is 0 Å². The summed E-state index contributed by atoms with van der Waals surface area (Å²) in [4.78, 5) is 10.1. The zero-order chi connectivity index (χ0) is 6.73. The van der Waals surface area contributed by atoms with Gasteiger partial charge in [0.05, 0.1) is 5.92 Å². The molecular formula is C5H11NO2. The molecule has 3 nitrogen and oxygen atoms in total. The monoisotopic (exact) mass is 117 g/mol. The van der Waals surface area contributed by atoms with E-state index in [0.717, 1.165) is 0 Å². The lowest BCUT2D eigenvalue weighted by atomic mass is 10.1. The fraction of sp³-hybridized carbons (Fsp3) is 0.800. The molecule has 8 heavy (non-hydrogen) atoms. The predicted octanol–water partition coefficient (Wildman–Crippen LogP) is 0.0543. The van der Waals surface area contributed by atoms with E-state index in [2.05, 4.69) is 0 Å². The second-order valence-electron chi connectivity index (χ2n) is 1.99. The van der Waals surface area contributed by atoms with Gasteiger partial charge in [-0.3, -0.25) is 4.79 Å². The van der Waals surface area contributed by atoms with Crippen LogP contribution in [0.25, 0.3) is 0 Å². The molecule has 0 aromatic carbocycles. The van der Waals surface area contributed by atoms with Crippen LogP contribution in [0, 0.1) is 5.92 Å². The molecule has 3 heteroatoms. The Morgan fingerprint density at radius 3 is 2.00 bits per heavy atom. The van der Waals surface area contributed by atoms with Crippen LogP contribution in [0.4, 0.5) is 0 Å². The Labute approximate surface area is 48.5 Å². The molecule has 0 aliphatic heterocycles. The normalized spacial score (nSPS) is 17.4. The number of aliphatic carboxylic acids is 1. The van der Waals surface area contributed by atoms with E-state index in [1.807, 2.05) is 0 Å². The van der Waals surface area contributed by atoms with Crippen molar-refractivity contribution in [2.24, 2.45) is 11.7 Å². The molecule has 0 radical (unpaired) electrons. The molecule has 0 rings (SSSR count). The topological polar surface area (TPSA) is 63.3 Å². The third-order valence-electron chi connectivity index (χ3n) is 1.18. The molecule has 0 saturated carbocycles. The Morgan fingerprint density at radius 1 is 1.62 bits per heavy atom. The Balaban J connectivity index is 3.64. The SMILES string of the molecule is C[C@H](C(=O)O)[C@@H](C)N. The molecule has 0 heterocycles. The first-order valence-corrected chi connectivity index (χ1v) is 2.54. The molecule has 0 aromatic rings. The second kappa shape index (κ2) is 2.67. The Hall–Kier alpha value is -0.570. The average Bonchev–Trinajstić information content (AvgIpc) is 1.64. The molecule has 0 bridgehead atoms. The molecular weight excluding hydrogens is 106 g/mol. The molecule has 0 unspecified atom stereocenters. The zero-order valence-electron chi connectivity index (χ0n) is 5.09.